The second-order valence-corrected chi connectivity index (χ2v) is 8.86. The lowest BCUT2D eigenvalue weighted by Crippen LogP contribution is -2.56. The highest BCUT2D eigenvalue weighted by Crippen LogP contribution is 2.91. The summed E-state index contributed by atoms with van der Waals surface area (Å²) in [7, 11) is 1.80. The number of aromatic amines is 1. The summed E-state index contributed by atoms with van der Waals surface area (Å²) in [6.07, 6.45) is 0.672. The van der Waals surface area contributed by atoms with Crippen molar-refractivity contribution in [3.63, 3.8) is 0 Å². The lowest BCUT2D eigenvalue weighted by Gasteiger charge is -2.29. The van der Waals surface area contributed by atoms with Crippen LogP contribution in [0.1, 0.15) is 40.2 Å². The summed E-state index contributed by atoms with van der Waals surface area (Å²) < 4.78 is 0. The molecule has 2 N–H and O–H groups in total. The third-order valence-electron chi connectivity index (χ3n) is 7.44. The Balaban J connectivity index is 1.25. The number of carbonyl (C=O) groups excluding carboxylic acids is 2. The van der Waals surface area contributed by atoms with Crippen LogP contribution < -0.4 is 10.2 Å². The molecule has 2 fully saturated rings. The number of benzene rings is 2. The van der Waals surface area contributed by atoms with Gasteiger partial charge in [0.05, 0.1) is 0 Å². The fraction of sp³-hybridized carbons (Fsp3) is 0.292. The molecule has 2 saturated carbocycles. The molecule has 4 aliphatic rings. The van der Waals surface area contributed by atoms with Gasteiger partial charge in [-0.05, 0) is 23.3 Å². The first-order chi connectivity index (χ1) is 14.5. The Hall–Kier alpha value is -3.41. The highest BCUT2D eigenvalue weighted by atomic mass is 16.2. The van der Waals surface area contributed by atoms with Crippen molar-refractivity contribution in [3.8, 4) is 0 Å². The van der Waals surface area contributed by atoms with E-state index in [0.717, 1.165) is 16.9 Å². The first kappa shape index (κ1) is 17.4. The van der Waals surface area contributed by atoms with E-state index in [0.29, 0.717) is 18.0 Å². The maximum atomic E-state index is 13.4. The predicted octanol–water partition coefficient (Wildman–Crippen LogP) is 2.88. The van der Waals surface area contributed by atoms with Crippen LogP contribution in [-0.2, 0) is 11.2 Å². The Labute approximate surface area is 174 Å². The molecule has 3 heterocycles. The molecule has 150 valence electrons. The van der Waals surface area contributed by atoms with Crippen molar-refractivity contribution in [1.82, 2.24) is 15.5 Å². The van der Waals surface area contributed by atoms with E-state index in [1.807, 2.05) is 48.5 Å². The van der Waals surface area contributed by atoms with Crippen LogP contribution in [0.5, 0.6) is 0 Å². The molecule has 6 heteroatoms. The van der Waals surface area contributed by atoms with Gasteiger partial charge in [0.15, 0.2) is 0 Å². The smallest absolute Gasteiger partial charge is 0.272 e. The maximum Gasteiger partial charge on any atom is 0.272 e. The molecule has 3 aromatic rings. The van der Waals surface area contributed by atoms with Crippen LogP contribution >= 0.6 is 0 Å². The summed E-state index contributed by atoms with van der Waals surface area (Å²) in [5.74, 6) is 0.126. The number of rotatable bonds is 4. The van der Waals surface area contributed by atoms with Crippen molar-refractivity contribution in [2.45, 2.75) is 24.8 Å². The number of hydrogen-bond donors (Lipinski definition) is 2. The standard InChI is InChI=1S/C24H22N4O2/c1-23-19-16-10-6-7-11-18(16)28(2)22(30)24(23,20(19)23)25-21(29)17-13-15(26-27-17)12-14-8-4-3-5-9-14/h3-11,13,19-20H,12H2,1-2H3,(H,25,29)(H,26,27). The molecule has 0 radical (unpaired) electrons. The van der Waals surface area contributed by atoms with E-state index >= 15 is 0 Å². The van der Waals surface area contributed by atoms with Crippen molar-refractivity contribution in [1.29, 1.82) is 0 Å². The molecule has 2 aliphatic carbocycles. The molecule has 2 aliphatic heterocycles. The van der Waals surface area contributed by atoms with E-state index in [4.69, 9.17) is 0 Å². The molecule has 2 amide bonds. The highest BCUT2D eigenvalue weighted by molar-refractivity contribution is 6.12. The van der Waals surface area contributed by atoms with E-state index in [1.54, 1.807) is 18.0 Å². The fourth-order valence-electron chi connectivity index (χ4n) is 5.78. The average Bonchev–Trinajstić information content (AvgIpc) is 3.45. The molecular weight excluding hydrogens is 376 g/mol. The molecule has 4 atom stereocenters. The Bertz CT molecular complexity index is 1200. The lowest BCUT2D eigenvalue weighted by atomic mass is 9.86. The predicted molar refractivity (Wildman–Crippen MR) is 112 cm³/mol. The van der Waals surface area contributed by atoms with E-state index < -0.39 is 5.54 Å². The third kappa shape index (κ3) is 2.01. The summed E-state index contributed by atoms with van der Waals surface area (Å²) in [6.45, 7) is 2.11. The summed E-state index contributed by atoms with van der Waals surface area (Å²) in [4.78, 5) is 28.1. The van der Waals surface area contributed by atoms with Crippen molar-refractivity contribution < 1.29 is 9.59 Å². The number of hydrogen-bond acceptors (Lipinski definition) is 3. The number of carbonyl (C=O) groups is 2. The van der Waals surface area contributed by atoms with Gasteiger partial charge in [-0.25, -0.2) is 0 Å². The number of likely N-dealkylation sites (N-methyl/N-ethyl adjacent to an activating group) is 1. The zero-order valence-electron chi connectivity index (χ0n) is 16.8. The summed E-state index contributed by atoms with van der Waals surface area (Å²) in [6, 6.07) is 19.8. The molecule has 0 spiro atoms. The Morgan fingerprint density at radius 1 is 1.17 bits per heavy atom. The van der Waals surface area contributed by atoms with E-state index in [1.165, 1.54) is 5.56 Å². The molecule has 1 aromatic heterocycles. The van der Waals surface area contributed by atoms with Gasteiger partial charge in [-0.15, -0.1) is 0 Å². The minimum Gasteiger partial charge on any atom is -0.335 e. The Morgan fingerprint density at radius 3 is 2.63 bits per heavy atom. The summed E-state index contributed by atoms with van der Waals surface area (Å²) in [5.41, 5.74) is 3.42. The Morgan fingerprint density at radius 2 is 1.87 bits per heavy atom. The van der Waals surface area contributed by atoms with Gasteiger partial charge >= 0.3 is 0 Å². The van der Waals surface area contributed by atoms with Gasteiger partial charge in [-0.1, -0.05) is 55.5 Å². The molecule has 7 rings (SSSR count). The normalized spacial score (nSPS) is 30.2. The van der Waals surface area contributed by atoms with Crippen LogP contribution in [0.25, 0.3) is 0 Å². The summed E-state index contributed by atoms with van der Waals surface area (Å²) >= 11 is 0. The number of fused-ring (bicyclic) bond motifs is 1. The molecule has 2 aromatic carbocycles. The van der Waals surface area contributed by atoms with Crippen molar-refractivity contribution >= 4 is 17.5 Å². The van der Waals surface area contributed by atoms with Crippen LogP contribution in [0, 0.1) is 11.3 Å². The average molecular weight is 398 g/mol. The first-order valence-corrected chi connectivity index (χ1v) is 10.3. The fourth-order valence-corrected chi connectivity index (χ4v) is 5.78. The number of nitrogens with one attached hydrogen (secondary N) is 2. The minimum absolute atomic E-state index is 0.0374. The van der Waals surface area contributed by atoms with Gasteiger partial charge in [0.1, 0.15) is 11.2 Å². The maximum absolute atomic E-state index is 13.4. The van der Waals surface area contributed by atoms with Crippen molar-refractivity contribution in [2.75, 3.05) is 11.9 Å². The molecular formula is C24H22N4O2. The monoisotopic (exact) mass is 398 g/mol. The number of anilines is 1. The van der Waals surface area contributed by atoms with Gasteiger partial charge in [0.25, 0.3) is 11.8 Å². The van der Waals surface area contributed by atoms with Gasteiger partial charge in [0, 0.05) is 42.1 Å². The molecule has 30 heavy (non-hydrogen) atoms. The molecule has 4 unspecified atom stereocenters. The zero-order chi connectivity index (χ0) is 20.7. The molecule has 6 nitrogen and oxygen atoms in total. The van der Waals surface area contributed by atoms with Gasteiger partial charge < -0.3 is 10.2 Å². The lowest BCUT2D eigenvalue weighted by molar-refractivity contribution is -0.123. The van der Waals surface area contributed by atoms with Crippen LogP contribution in [0.15, 0.2) is 60.7 Å². The molecule has 2 bridgehead atoms. The number of para-hydroxylation sites is 1. The van der Waals surface area contributed by atoms with E-state index in [9.17, 15) is 9.59 Å². The van der Waals surface area contributed by atoms with Gasteiger partial charge in [-0.3, -0.25) is 14.7 Å². The number of H-pyrrole nitrogens is 1. The zero-order valence-corrected chi connectivity index (χ0v) is 16.8. The first-order valence-electron chi connectivity index (χ1n) is 10.3. The van der Waals surface area contributed by atoms with E-state index in [2.05, 4.69) is 28.5 Å². The SMILES string of the molecule is CN1C(=O)C2(NC(=O)c3cc(Cc4ccccc4)[nH]n3)C3C(c4ccccc41)C32C. The van der Waals surface area contributed by atoms with Gasteiger partial charge in [0.2, 0.25) is 0 Å². The van der Waals surface area contributed by atoms with Gasteiger partial charge in [-0.2, -0.15) is 5.10 Å². The van der Waals surface area contributed by atoms with Crippen LogP contribution in [0.4, 0.5) is 5.69 Å². The topological polar surface area (TPSA) is 78.1 Å². The van der Waals surface area contributed by atoms with Crippen LogP contribution in [-0.4, -0.2) is 34.6 Å². The largest absolute Gasteiger partial charge is 0.335 e. The second kappa shape index (κ2) is 5.59. The minimum atomic E-state index is -0.832. The van der Waals surface area contributed by atoms with Crippen LogP contribution in [0.3, 0.4) is 0 Å². The number of nitrogens with zero attached hydrogens (tertiary/aromatic N) is 2. The van der Waals surface area contributed by atoms with Crippen LogP contribution in [0.2, 0.25) is 0 Å². The van der Waals surface area contributed by atoms with E-state index in [-0.39, 0.29) is 23.1 Å². The number of aromatic nitrogens is 2. The van der Waals surface area contributed by atoms with Crippen molar-refractivity contribution in [2.24, 2.45) is 11.3 Å². The quantitative estimate of drug-likeness (QED) is 0.709. The Kier molecular flexibility index (Phi) is 3.25. The number of amides is 2. The molecule has 0 saturated heterocycles. The second-order valence-electron chi connectivity index (χ2n) is 8.86. The summed E-state index contributed by atoms with van der Waals surface area (Å²) in [5, 5.41) is 10.2. The third-order valence-corrected chi connectivity index (χ3v) is 7.44. The highest BCUT2D eigenvalue weighted by Gasteiger charge is 2.98. The van der Waals surface area contributed by atoms with Crippen molar-refractivity contribution in [3.05, 3.63) is 83.2 Å².